The highest BCUT2D eigenvalue weighted by atomic mass is 32.2. The van der Waals surface area contributed by atoms with E-state index >= 15 is 0 Å². The van der Waals surface area contributed by atoms with E-state index in [2.05, 4.69) is 63.0 Å². The summed E-state index contributed by atoms with van der Waals surface area (Å²) in [7, 11) is 1.66. The molecule has 1 fully saturated rings. The molecule has 6 heteroatoms. The number of thioether (sulfide) groups is 1. The molecule has 0 spiro atoms. The SMILES string of the molecule is CNC(=O)c1ccc(C2=CN3c4ccccc4SC3N2C2CCNCC2)cc1. The Labute approximate surface area is 169 Å². The lowest BCUT2D eigenvalue weighted by Crippen LogP contribution is -2.46. The zero-order valence-electron chi connectivity index (χ0n) is 15.9. The highest BCUT2D eigenvalue weighted by Gasteiger charge is 2.43. The molecular formula is C22H24N4OS. The third kappa shape index (κ3) is 2.88. The van der Waals surface area contributed by atoms with E-state index in [-0.39, 0.29) is 11.4 Å². The minimum Gasteiger partial charge on any atom is -0.355 e. The largest absolute Gasteiger partial charge is 0.355 e. The molecule has 5 nitrogen and oxygen atoms in total. The summed E-state index contributed by atoms with van der Waals surface area (Å²) in [5.74, 6) is -0.0488. The second-order valence-corrected chi connectivity index (χ2v) is 8.48. The fourth-order valence-electron chi connectivity index (χ4n) is 4.32. The molecule has 1 atom stereocenters. The number of hydrogen-bond acceptors (Lipinski definition) is 5. The lowest BCUT2D eigenvalue weighted by atomic mass is 10.0. The van der Waals surface area contributed by atoms with E-state index in [1.807, 2.05) is 23.9 Å². The first kappa shape index (κ1) is 17.6. The van der Waals surface area contributed by atoms with Crippen LogP contribution in [0.25, 0.3) is 5.70 Å². The van der Waals surface area contributed by atoms with Crippen LogP contribution < -0.4 is 15.5 Å². The molecule has 1 unspecified atom stereocenters. The molecule has 144 valence electrons. The Balaban J connectivity index is 1.53. The number of piperidine rings is 1. The fourth-order valence-corrected chi connectivity index (χ4v) is 5.69. The minimum absolute atomic E-state index is 0.0488. The van der Waals surface area contributed by atoms with Crippen molar-refractivity contribution in [2.45, 2.75) is 29.3 Å². The summed E-state index contributed by atoms with van der Waals surface area (Å²) < 4.78 is 0. The number of carbonyl (C=O) groups is 1. The fraction of sp³-hybridized carbons (Fsp3) is 0.318. The van der Waals surface area contributed by atoms with Gasteiger partial charge in [-0.3, -0.25) is 4.79 Å². The van der Waals surface area contributed by atoms with Crippen LogP contribution in [0, 0.1) is 0 Å². The number of nitrogens with one attached hydrogen (secondary N) is 2. The number of carbonyl (C=O) groups excluding carboxylic acids is 1. The average molecular weight is 393 g/mol. The van der Waals surface area contributed by atoms with Crippen LogP contribution in [0.4, 0.5) is 5.69 Å². The summed E-state index contributed by atoms with van der Waals surface area (Å²) >= 11 is 1.93. The molecule has 0 radical (unpaired) electrons. The first-order valence-electron chi connectivity index (χ1n) is 9.83. The van der Waals surface area contributed by atoms with Crippen LogP contribution in [-0.2, 0) is 0 Å². The molecule has 0 bridgehead atoms. The maximum atomic E-state index is 11.9. The number of para-hydroxylation sites is 1. The van der Waals surface area contributed by atoms with E-state index in [0.29, 0.717) is 11.6 Å². The number of amides is 1. The Morgan fingerprint density at radius 2 is 1.86 bits per heavy atom. The Kier molecular flexibility index (Phi) is 4.53. The molecule has 28 heavy (non-hydrogen) atoms. The second kappa shape index (κ2) is 7.18. The number of rotatable bonds is 3. The third-order valence-electron chi connectivity index (χ3n) is 5.76. The topological polar surface area (TPSA) is 47.6 Å². The molecule has 3 aliphatic rings. The molecule has 3 aliphatic heterocycles. The molecule has 1 amide bonds. The molecule has 0 aliphatic carbocycles. The van der Waals surface area contributed by atoms with Crippen molar-refractivity contribution >= 4 is 29.1 Å². The van der Waals surface area contributed by atoms with Gasteiger partial charge in [0.2, 0.25) is 0 Å². The standard InChI is InChI=1S/C22H24N4OS/c1-23-21(27)16-8-6-15(7-9-16)19-14-25-18-4-2-3-5-20(18)28-22(25)26(19)17-10-12-24-13-11-17/h2-9,14,17,22,24H,10-13H2,1H3,(H,23,27). The van der Waals surface area contributed by atoms with Crippen molar-refractivity contribution in [1.29, 1.82) is 0 Å². The molecular weight excluding hydrogens is 368 g/mol. The normalized spacial score (nSPS) is 21.3. The summed E-state index contributed by atoms with van der Waals surface area (Å²) in [5.41, 5.74) is 4.67. The third-order valence-corrected chi connectivity index (χ3v) is 7.03. The van der Waals surface area contributed by atoms with Gasteiger partial charge < -0.3 is 20.4 Å². The van der Waals surface area contributed by atoms with Gasteiger partial charge in [0.1, 0.15) is 0 Å². The van der Waals surface area contributed by atoms with Gasteiger partial charge in [-0.15, -0.1) is 0 Å². The quantitative estimate of drug-likeness (QED) is 0.839. The predicted octanol–water partition coefficient (Wildman–Crippen LogP) is 3.31. The van der Waals surface area contributed by atoms with Gasteiger partial charge in [0.15, 0.2) is 5.50 Å². The van der Waals surface area contributed by atoms with Crippen molar-refractivity contribution in [1.82, 2.24) is 15.5 Å². The number of anilines is 1. The summed E-state index contributed by atoms with van der Waals surface area (Å²) in [6.45, 7) is 2.13. The first-order valence-corrected chi connectivity index (χ1v) is 10.7. The Morgan fingerprint density at radius 3 is 2.61 bits per heavy atom. The van der Waals surface area contributed by atoms with Gasteiger partial charge in [-0.05, 0) is 55.8 Å². The monoisotopic (exact) mass is 392 g/mol. The van der Waals surface area contributed by atoms with Gasteiger partial charge >= 0.3 is 0 Å². The van der Waals surface area contributed by atoms with Crippen molar-refractivity contribution in [2.75, 3.05) is 25.0 Å². The maximum Gasteiger partial charge on any atom is 0.251 e. The molecule has 5 rings (SSSR count). The van der Waals surface area contributed by atoms with E-state index in [0.717, 1.165) is 25.9 Å². The summed E-state index contributed by atoms with van der Waals surface area (Å²) in [6, 6.07) is 17.1. The molecule has 1 saturated heterocycles. The van der Waals surface area contributed by atoms with Crippen LogP contribution in [0.1, 0.15) is 28.8 Å². The molecule has 3 heterocycles. The van der Waals surface area contributed by atoms with Gasteiger partial charge in [0, 0.05) is 29.7 Å². The minimum atomic E-state index is -0.0488. The van der Waals surface area contributed by atoms with Crippen molar-refractivity contribution in [3.63, 3.8) is 0 Å². The molecule has 2 N–H and O–H groups in total. The smallest absolute Gasteiger partial charge is 0.251 e. The van der Waals surface area contributed by atoms with Gasteiger partial charge in [-0.2, -0.15) is 0 Å². The average Bonchev–Trinajstić information content (AvgIpc) is 3.30. The zero-order chi connectivity index (χ0) is 19.1. The van der Waals surface area contributed by atoms with Crippen molar-refractivity contribution in [3.05, 3.63) is 65.9 Å². The second-order valence-electron chi connectivity index (χ2n) is 7.38. The van der Waals surface area contributed by atoms with Crippen LogP contribution in [0.3, 0.4) is 0 Å². The lowest BCUT2D eigenvalue weighted by molar-refractivity contribution is 0.0963. The number of hydrogen-bond donors (Lipinski definition) is 2. The molecule has 0 aromatic heterocycles. The van der Waals surface area contributed by atoms with E-state index in [9.17, 15) is 4.79 Å². The Hall–Kier alpha value is -2.44. The van der Waals surface area contributed by atoms with Crippen LogP contribution in [-0.4, -0.2) is 42.5 Å². The highest BCUT2D eigenvalue weighted by Crippen LogP contribution is 2.51. The molecule has 2 aromatic carbocycles. The highest BCUT2D eigenvalue weighted by molar-refractivity contribution is 8.00. The van der Waals surface area contributed by atoms with Crippen LogP contribution in [0.5, 0.6) is 0 Å². The van der Waals surface area contributed by atoms with Crippen molar-refractivity contribution < 1.29 is 4.79 Å². The van der Waals surface area contributed by atoms with E-state index in [1.54, 1.807) is 7.05 Å². The summed E-state index contributed by atoms with van der Waals surface area (Å²) in [6.07, 6.45) is 4.59. The maximum absolute atomic E-state index is 11.9. The van der Waals surface area contributed by atoms with Crippen molar-refractivity contribution in [2.24, 2.45) is 0 Å². The number of benzene rings is 2. The van der Waals surface area contributed by atoms with Crippen molar-refractivity contribution in [3.8, 4) is 0 Å². The Bertz CT molecular complexity index is 920. The van der Waals surface area contributed by atoms with Gasteiger partial charge in [-0.25, -0.2) is 0 Å². The zero-order valence-corrected chi connectivity index (χ0v) is 16.7. The van der Waals surface area contributed by atoms with E-state index < -0.39 is 0 Å². The van der Waals surface area contributed by atoms with Crippen LogP contribution in [0.2, 0.25) is 0 Å². The van der Waals surface area contributed by atoms with Gasteiger partial charge in [0.25, 0.3) is 5.91 Å². The van der Waals surface area contributed by atoms with Gasteiger partial charge in [-0.1, -0.05) is 36.0 Å². The molecule has 2 aromatic rings. The predicted molar refractivity (Wildman–Crippen MR) is 114 cm³/mol. The van der Waals surface area contributed by atoms with Crippen LogP contribution in [0.15, 0.2) is 59.6 Å². The lowest BCUT2D eigenvalue weighted by Gasteiger charge is -2.38. The van der Waals surface area contributed by atoms with Gasteiger partial charge in [0.05, 0.1) is 11.4 Å². The summed E-state index contributed by atoms with van der Waals surface area (Å²) in [4.78, 5) is 18.2. The van der Waals surface area contributed by atoms with Crippen LogP contribution >= 0.6 is 11.8 Å². The number of nitrogens with zero attached hydrogens (tertiary/aromatic N) is 2. The Morgan fingerprint density at radius 1 is 1.11 bits per heavy atom. The number of fused-ring (bicyclic) bond motifs is 3. The molecule has 0 saturated carbocycles. The first-order chi connectivity index (χ1) is 13.8. The van der Waals surface area contributed by atoms with E-state index in [1.165, 1.54) is 21.8 Å². The summed E-state index contributed by atoms with van der Waals surface area (Å²) in [5, 5.41) is 6.18. The van der Waals surface area contributed by atoms with E-state index in [4.69, 9.17) is 0 Å².